The molecule has 1 rings (SSSR count). The van der Waals surface area contributed by atoms with Crippen LogP contribution < -0.4 is 0 Å². The molecule has 0 N–H and O–H groups in total. The average molecular weight is 141 g/mol. The van der Waals surface area contributed by atoms with E-state index in [1.807, 2.05) is 0 Å². The SMILES string of the molecule is C[C@@H]1[C@@H](C=O)N1C(C)(C)C. The van der Waals surface area contributed by atoms with E-state index in [9.17, 15) is 4.79 Å². The van der Waals surface area contributed by atoms with Crippen molar-refractivity contribution in [3.8, 4) is 0 Å². The average Bonchev–Trinajstić information content (AvgIpc) is 2.39. The van der Waals surface area contributed by atoms with Crippen LogP contribution in [0.1, 0.15) is 27.7 Å². The van der Waals surface area contributed by atoms with Crippen LogP contribution in [-0.2, 0) is 4.79 Å². The maximum Gasteiger partial charge on any atom is 0.138 e. The Hall–Kier alpha value is -0.370. The highest BCUT2D eigenvalue weighted by Crippen LogP contribution is 2.34. The summed E-state index contributed by atoms with van der Waals surface area (Å²) in [5.41, 5.74) is 0.158. The van der Waals surface area contributed by atoms with Crippen LogP contribution in [0.25, 0.3) is 0 Å². The number of carbonyl (C=O) groups is 1. The van der Waals surface area contributed by atoms with Crippen molar-refractivity contribution >= 4 is 6.29 Å². The molecule has 0 radical (unpaired) electrons. The van der Waals surface area contributed by atoms with E-state index in [2.05, 4.69) is 32.6 Å². The molecule has 0 amide bonds. The Morgan fingerprint density at radius 1 is 1.40 bits per heavy atom. The molecule has 0 aromatic carbocycles. The van der Waals surface area contributed by atoms with Crippen LogP contribution in [0.5, 0.6) is 0 Å². The zero-order chi connectivity index (χ0) is 7.94. The first kappa shape index (κ1) is 7.73. The highest BCUT2D eigenvalue weighted by molar-refractivity contribution is 5.64. The van der Waals surface area contributed by atoms with Crippen LogP contribution in [0.3, 0.4) is 0 Å². The van der Waals surface area contributed by atoms with E-state index in [1.165, 1.54) is 0 Å². The van der Waals surface area contributed by atoms with Gasteiger partial charge in [-0.25, -0.2) is 0 Å². The fourth-order valence-corrected chi connectivity index (χ4v) is 1.61. The Kier molecular flexibility index (Phi) is 1.59. The molecule has 58 valence electrons. The molecule has 2 nitrogen and oxygen atoms in total. The highest BCUT2D eigenvalue weighted by Gasteiger charge is 2.49. The second kappa shape index (κ2) is 2.06. The van der Waals surface area contributed by atoms with E-state index in [4.69, 9.17) is 0 Å². The zero-order valence-electron chi connectivity index (χ0n) is 7.09. The van der Waals surface area contributed by atoms with Gasteiger partial charge in [0.25, 0.3) is 0 Å². The fraction of sp³-hybridized carbons (Fsp3) is 0.875. The van der Waals surface area contributed by atoms with Crippen molar-refractivity contribution in [3.05, 3.63) is 0 Å². The molecule has 1 aliphatic rings. The summed E-state index contributed by atoms with van der Waals surface area (Å²) < 4.78 is 0. The van der Waals surface area contributed by atoms with Crippen molar-refractivity contribution < 1.29 is 4.79 Å². The first-order valence-electron chi connectivity index (χ1n) is 3.72. The molecule has 0 aliphatic carbocycles. The lowest BCUT2D eigenvalue weighted by Crippen LogP contribution is -2.28. The highest BCUT2D eigenvalue weighted by atomic mass is 16.1. The number of rotatable bonds is 1. The van der Waals surface area contributed by atoms with E-state index >= 15 is 0 Å². The molecule has 1 unspecified atom stereocenters. The van der Waals surface area contributed by atoms with Crippen LogP contribution in [0.2, 0.25) is 0 Å². The predicted molar refractivity (Wildman–Crippen MR) is 40.9 cm³/mol. The van der Waals surface area contributed by atoms with Gasteiger partial charge in [0.2, 0.25) is 0 Å². The minimum atomic E-state index is 0.158. The standard InChI is InChI=1S/C8H15NO/c1-6-7(5-10)9(6)8(2,3)4/h5-7H,1-4H3/t6-,7-,9?/m1/s1. The summed E-state index contributed by atoms with van der Waals surface area (Å²) >= 11 is 0. The van der Waals surface area contributed by atoms with Crippen LogP contribution in [0.4, 0.5) is 0 Å². The van der Waals surface area contributed by atoms with Gasteiger partial charge in [-0.15, -0.1) is 0 Å². The third-order valence-electron chi connectivity index (χ3n) is 2.08. The van der Waals surface area contributed by atoms with Crippen molar-refractivity contribution in [2.24, 2.45) is 0 Å². The fourth-order valence-electron chi connectivity index (χ4n) is 1.61. The number of hydrogen-bond donors (Lipinski definition) is 0. The minimum Gasteiger partial charge on any atom is -0.302 e. The van der Waals surface area contributed by atoms with E-state index < -0.39 is 0 Å². The normalized spacial score (nSPS) is 39.4. The molecule has 1 aliphatic heterocycles. The van der Waals surface area contributed by atoms with Gasteiger partial charge in [-0.3, -0.25) is 4.90 Å². The second-order valence-electron chi connectivity index (χ2n) is 3.95. The maximum absolute atomic E-state index is 10.4. The van der Waals surface area contributed by atoms with Gasteiger partial charge in [0, 0.05) is 11.6 Å². The van der Waals surface area contributed by atoms with Crippen molar-refractivity contribution in [1.82, 2.24) is 4.90 Å². The van der Waals surface area contributed by atoms with Crippen molar-refractivity contribution in [1.29, 1.82) is 0 Å². The summed E-state index contributed by atoms with van der Waals surface area (Å²) in [6.07, 6.45) is 1.04. The summed E-state index contributed by atoms with van der Waals surface area (Å²) in [7, 11) is 0. The molecule has 0 aromatic heterocycles. The molecular formula is C8H15NO. The number of hydrogen-bond acceptors (Lipinski definition) is 2. The van der Waals surface area contributed by atoms with E-state index in [0.717, 1.165) is 6.29 Å². The third kappa shape index (κ3) is 1.08. The van der Waals surface area contributed by atoms with Crippen LogP contribution in [0.15, 0.2) is 0 Å². The molecule has 1 fully saturated rings. The lowest BCUT2D eigenvalue weighted by atomic mass is 10.1. The Labute approximate surface area is 62.2 Å². The van der Waals surface area contributed by atoms with Gasteiger partial charge in [-0.2, -0.15) is 0 Å². The Morgan fingerprint density at radius 2 is 1.90 bits per heavy atom. The molecule has 2 heteroatoms. The number of carbonyl (C=O) groups excluding carboxylic acids is 1. The minimum absolute atomic E-state index is 0.158. The molecule has 1 heterocycles. The molecule has 1 saturated heterocycles. The number of aldehydes is 1. The molecule has 0 bridgehead atoms. The smallest absolute Gasteiger partial charge is 0.138 e. The lowest BCUT2D eigenvalue weighted by molar-refractivity contribution is -0.108. The third-order valence-corrected chi connectivity index (χ3v) is 2.08. The molecule has 0 aromatic rings. The second-order valence-corrected chi connectivity index (χ2v) is 3.95. The first-order chi connectivity index (χ1) is 4.48. The monoisotopic (exact) mass is 141 g/mol. The van der Waals surface area contributed by atoms with Crippen LogP contribution >= 0.6 is 0 Å². The Balaban J connectivity index is 2.56. The van der Waals surface area contributed by atoms with Crippen molar-refractivity contribution in [2.75, 3.05) is 0 Å². The molecule has 0 saturated carbocycles. The van der Waals surface area contributed by atoms with Gasteiger partial charge < -0.3 is 4.79 Å². The van der Waals surface area contributed by atoms with Gasteiger partial charge >= 0.3 is 0 Å². The van der Waals surface area contributed by atoms with Gasteiger partial charge in [-0.05, 0) is 27.7 Å². The Morgan fingerprint density at radius 3 is 2.00 bits per heavy atom. The van der Waals surface area contributed by atoms with Crippen molar-refractivity contribution in [3.63, 3.8) is 0 Å². The van der Waals surface area contributed by atoms with Gasteiger partial charge in [0.15, 0.2) is 0 Å². The summed E-state index contributed by atoms with van der Waals surface area (Å²) in [4.78, 5) is 12.6. The van der Waals surface area contributed by atoms with E-state index in [0.29, 0.717) is 6.04 Å². The molecular weight excluding hydrogens is 126 g/mol. The van der Waals surface area contributed by atoms with Gasteiger partial charge in [-0.1, -0.05) is 0 Å². The largest absolute Gasteiger partial charge is 0.302 e. The number of nitrogens with zero attached hydrogens (tertiary/aromatic N) is 1. The summed E-state index contributed by atoms with van der Waals surface area (Å²) in [6, 6.07) is 0.637. The van der Waals surface area contributed by atoms with Gasteiger partial charge in [0.05, 0.1) is 6.04 Å². The predicted octanol–water partition coefficient (Wildman–Crippen LogP) is 1.06. The summed E-state index contributed by atoms with van der Waals surface area (Å²) in [5, 5.41) is 0. The van der Waals surface area contributed by atoms with Crippen LogP contribution in [-0.4, -0.2) is 28.8 Å². The summed E-state index contributed by atoms with van der Waals surface area (Å²) in [6.45, 7) is 8.48. The maximum atomic E-state index is 10.4. The van der Waals surface area contributed by atoms with Crippen LogP contribution in [0, 0.1) is 0 Å². The topological polar surface area (TPSA) is 20.1 Å². The van der Waals surface area contributed by atoms with Crippen molar-refractivity contribution in [2.45, 2.75) is 45.3 Å². The molecule has 10 heavy (non-hydrogen) atoms. The molecule has 0 spiro atoms. The lowest BCUT2D eigenvalue weighted by Gasteiger charge is -2.20. The van der Waals surface area contributed by atoms with E-state index in [-0.39, 0.29) is 11.6 Å². The Bertz CT molecular complexity index is 148. The quantitative estimate of drug-likeness (QED) is 0.402. The van der Waals surface area contributed by atoms with E-state index in [1.54, 1.807) is 0 Å². The van der Waals surface area contributed by atoms with Gasteiger partial charge in [0.1, 0.15) is 6.29 Å². The first-order valence-corrected chi connectivity index (χ1v) is 3.72. The molecule has 3 atom stereocenters. The zero-order valence-corrected chi connectivity index (χ0v) is 7.09. The summed E-state index contributed by atoms with van der Waals surface area (Å²) in [5.74, 6) is 0.